The zero-order valence-electron chi connectivity index (χ0n) is 14.7. The van der Waals surface area contributed by atoms with Crippen molar-refractivity contribution >= 4 is 21.6 Å². The lowest BCUT2D eigenvalue weighted by Crippen LogP contribution is -2.50. The van der Waals surface area contributed by atoms with Crippen LogP contribution in [0.15, 0.2) is 47.4 Å². The molecule has 150 valence electrons. The fourth-order valence-corrected chi connectivity index (χ4v) is 4.36. The quantitative estimate of drug-likeness (QED) is 0.815. The van der Waals surface area contributed by atoms with E-state index in [0.29, 0.717) is 0 Å². The third-order valence-electron chi connectivity index (χ3n) is 4.36. The minimum atomic E-state index is -3.83. The summed E-state index contributed by atoms with van der Waals surface area (Å²) < 4.78 is 66.8. The van der Waals surface area contributed by atoms with Crippen molar-refractivity contribution in [2.24, 2.45) is 0 Å². The Bertz CT molecular complexity index is 957. The Morgan fingerprint density at radius 1 is 0.964 bits per heavy atom. The lowest BCUT2D eigenvalue weighted by molar-refractivity contribution is -0.117. The topological polar surface area (TPSA) is 69.7 Å². The first-order chi connectivity index (χ1) is 13.3. The number of rotatable bonds is 5. The molecule has 1 heterocycles. The molecule has 0 radical (unpaired) electrons. The van der Waals surface area contributed by atoms with Crippen molar-refractivity contribution in [1.29, 1.82) is 0 Å². The van der Waals surface area contributed by atoms with Gasteiger partial charge in [-0.25, -0.2) is 21.6 Å². The Morgan fingerprint density at radius 3 is 2.18 bits per heavy atom. The number of nitrogens with zero attached hydrogens (tertiary/aromatic N) is 2. The van der Waals surface area contributed by atoms with Gasteiger partial charge in [0.1, 0.15) is 23.1 Å². The monoisotopic (exact) mass is 413 g/mol. The molecule has 0 unspecified atom stereocenters. The van der Waals surface area contributed by atoms with Crippen molar-refractivity contribution in [1.82, 2.24) is 9.21 Å². The number of halogens is 3. The summed E-state index contributed by atoms with van der Waals surface area (Å²) in [5, 5.41) is 2.20. The zero-order chi connectivity index (χ0) is 20.3. The molecule has 10 heteroatoms. The summed E-state index contributed by atoms with van der Waals surface area (Å²) in [6.07, 6.45) is 0. The summed E-state index contributed by atoms with van der Waals surface area (Å²) in [7, 11) is -3.83. The summed E-state index contributed by atoms with van der Waals surface area (Å²) >= 11 is 0. The summed E-state index contributed by atoms with van der Waals surface area (Å²) in [5.74, 6) is -3.00. The number of nitrogens with one attached hydrogen (secondary N) is 1. The number of sulfonamides is 1. The molecular formula is C18H18F3N3O3S. The van der Waals surface area contributed by atoms with Gasteiger partial charge in [-0.2, -0.15) is 4.31 Å². The molecule has 1 aliphatic rings. The van der Waals surface area contributed by atoms with Gasteiger partial charge in [0.15, 0.2) is 0 Å². The summed E-state index contributed by atoms with van der Waals surface area (Å²) in [6, 6.07) is 8.03. The highest BCUT2D eigenvalue weighted by molar-refractivity contribution is 7.89. The van der Waals surface area contributed by atoms with Gasteiger partial charge in [-0.15, -0.1) is 0 Å². The smallest absolute Gasteiger partial charge is 0.243 e. The molecule has 1 saturated heterocycles. The average molecular weight is 413 g/mol. The number of anilines is 1. The Kier molecular flexibility index (Phi) is 6.01. The molecule has 1 amide bonds. The van der Waals surface area contributed by atoms with Gasteiger partial charge in [-0.1, -0.05) is 12.1 Å². The number of benzene rings is 2. The van der Waals surface area contributed by atoms with E-state index in [-0.39, 0.29) is 37.6 Å². The van der Waals surface area contributed by atoms with Crippen LogP contribution >= 0.6 is 0 Å². The number of para-hydroxylation sites is 1. The molecule has 0 aliphatic carbocycles. The zero-order valence-corrected chi connectivity index (χ0v) is 15.6. The Hall–Kier alpha value is -2.43. The third kappa shape index (κ3) is 4.51. The molecule has 6 nitrogen and oxygen atoms in total. The lowest BCUT2D eigenvalue weighted by Gasteiger charge is -2.33. The van der Waals surface area contributed by atoms with Crippen LogP contribution in [0.3, 0.4) is 0 Å². The van der Waals surface area contributed by atoms with Gasteiger partial charge in [0.05, 0.1) is 11.4 Å². The van der Waals surface area contributed by atoms with E-state index in [9.17, 15) is 26.4 Å². The highest BCUT2D eigenvalue weighted by Crippen LogP contribution is 2.20. The van der Waals surface area contributed by atoms with E-state index in [1.54, 1.807) is 4.90 Å². The van der Waals surface area contributed by atoms with Crippen LogP contribution in [-0.2, 0) is 14.8 Å². The maximum Gasteiger partial charge on any atom is 0.243 e. The summed E-state index contributed by atoms with van der Waals surface area (Å²) in [4.78, 5) is 13.6. The highest BCUT2D eigenvalue weighted by atomic mass is 32.2. The van der Waals surface area contributed by atoms with E-state index in [0.717, 1.165) is 24.3 Å². The SMILES string of the molecule is O=C(CN1CCN(S(=O)(=O)c2cccc(F)c2)CC1)Nc1c(F)cccc1F. The molecule has 1 aliphatic heterocycles. The first kappa shape index (κ1) is 20.3. The molecule has 2 aromatic carbocycles. The molecule has 0 aromatic heterocycles. The predicted molar refractivity (Wildman–Crippen MR) is 96.6 cm³/mol. The van der Waals surface area contributed by atoms with Crippen LogP contribution in [0.2, 0.25) is 0 Å². The molecule has 3 rings (SSSR count). The fraction of sp³-hybridized carbons (Fsp3) is 0.278. The first-order valence-corrected chi connectivity index (χ1v) is 9.93. The van der Waals surface area contributed by atoms with Crippen molar-refractivity contribution in [3.8, 4) is 0 Å². The van der Waals surface area contributed by atoms with E-state index >= 15 is 0 Å². The normalized spacial score (nSPS) is 16.1. The van der Waals surface area contributed by atoms with Gasteiger partial charge >= 0.3 is 0 Å². The number of hydrogen-bond acceptors (Lipinski definition) is 4. The van der Waals surface area contributed by atoms with Crippen molar-refractivity contribution in [3.63, 3.8) is 0 Å². The number of carbonyl (C=O) groups excluding carboxylic acids is 1. The largest absolute Gasteiger partial charge is 0.320 e. The Morgan fingerprint density at radius 2 is 1.57 bits per heavy atom. The molecule has 0 atom stereocenters. The van der Waals surface area contributed by atoms with E-state index in [1.165, 1.54) is 22.5 Å². The van der Waals surface area contributed by atoms with Crippen LogP contribution < -0.4 is 5.32 Å². The highest BCUT2D eigenvalue weighted by Gasteiger charge is 2.29. The molecule has 1 fully saturated rings. The van der Waals surface area contributed by atoms with E-state index in [1.807, 2.05) is 0 Å². The van der Waals surface area contributed by atoms with Crippen LogP contribution in [0, 0.1) is 17.5 Å². The van der Waals surface area contributed by atoms with Crippen molar-refractivity contribution in [2.45, 2.75) is 4.90 Å². The van der Waals surface area contributed by atoms with Gasteiger partial charge in [0.2, 0.25) is 15.9 Å². The second kappa shape index (κ2) is 8.29. The van der Waals surface area contributed by atoms with Crippen LogP contribution in [0.4, 0.5) is 18.9 Å². The minimum Gasteiger partial charge on any atom is -0.320 e. The van der Waals surface area contributed by atoms with Crippen LogP contribution in [-0.4, -0.2) is 56.3 Å². The van der Waals surface area contributed by atoms with E-state index in [2.05, 4.69) is 5.32 Å². The van der Waals surface area contributed by atoms with Crippen molar-refractivity contribution < 1.29 is 26.4 Å². The molecule has 1 N–H and O–H groups in total. The number of piperazine rings is 1. The summed E-state index contributed by atoms with van der Waals surface area (Å²) in [5.41, 5.74) is -0.514. The number of amides is 1. The standard InChI is InChI=1S/C18H18F3N3O3S/c19-13-3-1-4-14(11-13)28(26,27)24-9-7-23(8-10-24)12-17(25)22-18-15(20)5-2-6-16(18)21/h1-6,11H,7-10,12H2,(H,22,25). The second-order valence-electron chi connectivity index (χ2n) is 6.28. The van der Waals surface area contributed by atoms with Crippen LogP contribution in [0.25, 0.3) is 0 Å². The molecular weight excluding hydrogens is 395 g/mol. The Balaban J connectivity index is 1.57. The van der Waals surface area contributed by atoms with Gasteiger partial charge < -0.3 is 5.32 Å². The molecule has 0 bridgehead atoms. The fourth-order valence-electron chi connectivity index (χ4n) is 2.90. The van der Waals surface area contributed by atoms with Gasteiger partial charge in [-0.05, 0) is 30.3 Å². The molecule has 28 heavy (non-hydrogen) atoms. The Labute approximate surface area is 160 Å². The maximum atomic E-state index is 13.6. The summed E-state index contributed by atoms with van der Waals surface area (Å²) in [6.45, 7) is 0.589. The minimum absolute atomic E-state index is 0.111. The van der Waals surface area contributed by atoms with Gasteiger partial charge in [-0.3, -0.25) is 9.69 Å². The number of carbonyl (C=O) groups is 1. The predicted octanol–water partition coefficient (Wildman–Crippen LogP) is 2.05. The first-order valence-electron chi connectivity index (χ1n) is 8.49. The van der Waals surface area contributed by atoms with Gasteiger partial charge in [0.25, 0.3) is 0 Å². The van der Waals surface area contributed by atoms with E-state index < -0.39 is 39.1 Å². The van der Waals surface area contributed by atoms with Crippen LogP contribution in [0.1, 0.15) is 0 Å². The van der Waals surface area contributed by atoms with Crippen molar-refractivity contribution in [3.05, 3.63) is 59.9 Å². The number of hydrogen-bond donors (Lipinski definition) is 1. The molecule has 0 spiro atoms. The van der Waals surface area contributed by atoms with Crippen LogP contribution in [0.5, 0.6) is 0 Å². The lowest BCUT2D eigenvalue weighted by atomic mass is 10.3. The molecule has 0 saturated carbocycles. The van der Waals surface area contributed by atoms with Crippen molar-refractivity contribution in [2.75, 3.05) is 38.0 Å². The van der Waals surface area contributed by atoms with E-state index in [4.69, 9.17) is 0 Å². The van der Waals surface area contributed by atoms with Gasteiger partial charge in [0, 0.05) is 26.2 Å². The second-order valence-corrected chi connectivity index (χ2v) is 8.22. The maximum absolute atomic E-state index is 13.6. The molecule has 2 aromatic rings. The third-order valence-corrected chi connectivity index (χ3v) is 6.25. The average Bonchev–Trinajstić information content (AvgIpc) is 2.65.